The molecular formula is C16H20O2. The van der Waals surface area contributed by atoms with E-state index < -0.39 is 0 Å². The third-order valence-electron chi connectivity index (χ3n) is 2.56. The lowest BCUT2D eigenvalue weighted by Crippen LogP contribution is -1.93. The number of hydrogen-bond acceptors (Lipinski definition) is 2. The van der Waals surface area contributed by atoms with Gasteiger partial charge in [0.15, 0.2) is 0 Å². The molecule has 96 valence electrons. The van der Waals surface area contributed by atoms with Gasteiger partial charge >= 0.3 is 0 Å². The first kappa shape index (κ1) is 14.1. The second-order valence-corrected chi connectivity index (χ2v) is 4.02. The van der Waals surface area contributed by atoms with Crippen LogP contribution in [0.25, 0.3) is 0 Å². The minimum Gasteiger partial charge on any atom is -0.508 e. The van der Waals surface area contributed by atoms with Gasteiger partial charge in [-0.3, -0.25) is 0 Å². The van der Waals surface area contributed by atoms with Crippen LogP contribution in [0.1, 0.15) is 18.9 Å². The van der Waals surface area contributed by atoms with Gasteiger partial charge in [-0.05, 0) is 35.8 Å². The van der Waals surface area contributed by atoms with Gasteiger partial charge in [-0.25, -0.2) is 0 Å². The Morgan fingerprint density at radius 1 is 1.33 bits per heavy atom. The van der Waals surface area contributed by atoms with E-state index in [2.05, 4.69) is 6.58 Å². The van der Waals surface area contributed by atoms with Crippen molar-refractivity contribution in [1.29, 1.82) is 0 Å². The van der Waals surface area contributed by atoms with Gasteiger partial charge in [0.2, 0.25) is 0 Å². The average Bonchev–Trinajstić information content (AvgIpc) is 2.39. The molecule has 0 saturated carbocycles. The fourth-order valence-corrected chi connectivity index (χ4v) is 1.49. The van der Waals surface area contributed by atoms with Gasteiger partial charge in [0.1, 0.15) is 11.5 Å². The number of methoxy groups -OCH3 is 1. The number of aliphatic hydroxyl groups is 1. The van der Waals surface area contributed by atoms with Crippen molar-refractivity contribution < 1.29 is 9.84 Å². The summed E-state index contributed by atoms with van der Waals surface area (Å²) in [5, 5.41) is 9.79. The summed E-state index contributed by atoms with van der Waals surface area (Å²) in [5.74, 6) is 1.06. The molecule has 18 heavy (non-hydrogen) atoms. The van der Waals surface area contributed by atoms with Crippen molar-refractivity contribution in [3.63, 3.8) is 0 Å². The second kappa shape index (κ2) is 7.38. The standard InChI is InChI=1S/C16H20O2/c1-4-5-6-7-16(17)13(2)12-14-8-10-15(18-3)11-9-14/h5-11,17H,2,4,12H2,1,3H3/b6-5-,16-7+. The van der Waals surface area contributed by atoms with E-state index in [4.69, 9.17) is 4.74 Å². The lowest BCUT2D eigenvalue weighted by atomic mass is 10.0. The van der Waals surface area contributed by atoms with E-state index in [1.807, 2.05) is 43.3 Å². The first-order chi connectivity index (χ1) is 8.67. The Labute approximate surface area is 109 Å². The fraction of sp³-hybridized carbons (Fsp3) is 0.250. The molecule has 2 nitrogen and oxygen atoms in total. The van der Waals surface area contributed by atoms with Gasteiger partial charge in [0.25, 0.3) is 0 Å². The molecule has 0 aliphatic carbocycles. The summed E-state index contributed by atoms with van der Waals surface area (Å²) in [7, 11) is 1.64. The topological polar surface area (TPSA) is 29.5 Å². The Bertz CT molecular complexity index is 439. The molecule has 0 aliphatic heterocycles. The summed E-state index contributed by atoms with van der Waals surface area (Å²) in [5.41, 5.74) is 1.81. The molecule has 0 fully saturated rings. The molecule has 1 aromatic carbocycles. The van der Waals surface area contributed by atoms with Crippen molar-refractivity contribution >= 4 is 0 Å². The van der Waals surface area contributed by atoms with Crippen LogP contribution in [-0.4, -0.2) is 12.2 Å². The molecule has 2 heteroatoms. The zero-order valence-electron chi connectivity index (χ0n) is 11.0. The largest absolute Gasteiger partial charge is 0.508 e. The molecule has 0 aromatic heterocycles. The van der Waals surface area contributed by atoms with Crippen LogP contribution >= 0.6 is 0 Å². The molecule has 0 aliphatic rings. The highest BCUT2D eigenvalue weighted by atomic mass is 16.5. The van der Waals surface area contributed by atoms with Crippen LogP contribution in [0.4, 0.5) is 0 Å². The van der Waals surface area contributed by atoms with Crippen LogP contribution in [0.2, 0.25) is 0 Å². The zero-order chi connectivity index (χ0) is 13.4. The second-order valence-electron chi connectivity index (χ2n) is 4.02. The van der Waals surface area contributed by atoms with Crippen LogP contribution < -0.4 is 4.74 Å². The Morgan fingerprint density at radius 3 is 2.56 bits per heavy atom. The van der Waals surface area contributed by atoms with Gasteiger partial charge in [0, 0.05) is 6.42 Å². The number of aliphatic hydroxyl groups excluding tert-OH is 1. The van der Waals surface area contributed by atoms with Crippen LogP contribution in [0.5, 0.6) is 5.75 Å². The molecule has 0 heterocycles. The third-order valence-corrected chi connectivity index (χ3v) is 2.56. The number of hydrogen-bond donors (Lipinski definition) is 1. The minimum absolute atomic E-state index is 0.232. The molecule has 0 bridgehead atoms. The summed E-state index contributed by atoms with van der Waals surface area (Å²) in [4.78, 5) is 0. The predicted octanol–water partition coefficient (Wildman–Crippen LogP) is 4.20. The van der Waals surface area contributed by atoms with E-state index in [0.29, 0.717) is 12.0 Å². The summed E-state index contributed by atoms with van der Waals surface area (Å²) in [6.07, 6.45) is 7.09. The molecule has 0 amide bonds. The molecule has 1 rings (SSSR count). The lowest BCUT2D eigenvalue weighted by molar-refractivity contribution is 0.414. The van der Waals surface area contributed by atoms with E-state index in [-0.39, 0.29) is 5.76 Å². The SMILES string of the molecule is C=C(Cc1ccc(OC)cc1)/C(O)=C\C=C/CC. The normalized spacial score (nSPS) is 11.8. The van der Waals surface area contributed by atoms with Crippen molar-refractivity contribution in [3.05, 3.63) is 66.0 Å². The van der Waals surface area contributed by atoms with E-state index in [1.165, 1.54) is 0 Å². The average molecular weight is 244 g/mol. The summed E-state index contributed by atoms with van der Waals surface area (Å²) in [6.45, 7) is 5.94. The molecule has 1 aromatic rings. The van der Waals surface area contributed by atoms with Crippen LogP contribution in [0.3, 0.4) is 0 Å². The van der Waals surface area contributed by atoms with Gasteiger partial charge in [0.05, 0.1) is 7.11 Å². The fourth-order valence-electron chi connectivity index (χ4n) is 1.49. The molecule has 1 N–H and O–H groups in total. The Kier molecular flexibility index (Phi) is 5.78. The Morgan fingerprint density at radius 2 is 2.00 bits per heavy atom. The van der Waals surface area contributed by atoms with Crippen molar-refractivity contribution in [2.24, 2.45) is 0 Å². The Hall–Kier alpha value is -1.96. The smallest absolute Gasteiger partial charge is 0.118 e. The Balaban J connectivity index is 2.63. The van der Waals surface area contributed by atoms with Gasteiger partial charge in [-0.2, -0.15) is 0 Å². The quantitative estimate of drug-likeness (QED) is 0.600. The first-order valence-corrected chi connectivity index (χ1v) is 6.04. The van der Waals surface area contributed by atoms with E-state index in [0.717, 1.165) is 17.7 Å². The molecule has 0 saturated heterocycles. The molecule has 0 atom stereocenters. The van der Waals surface area contributed by atoms with Crippen LogP contribution in [-0.2, 0) is 6.42 Å². The van der Waals surface area contributed by atoms with Crippen LogP contribution in [0, 0.1) is 0 Å². The number of benzene rings is 1. The summed E-state index contributed by atoms with van der Waals surface area (Å²) in [6, 6.07) is 7.75. The van der Waals surface area contributed by atoms with Crippen molar-refractivity contribution in [2.75, 3.05) is 7.11 Å². The van der Waals surface area contributed by atoms with E-state index in [1.54, 1.807) is 13.2 Å². The van der Waals surface area contributed by atoms with Crippen molar-refractivity contribution in [2.45, 2.75) is 19.8 Å². The monoisotopic (exact) mass is 244 g/mol. The summed E-state index contributed by atoms with van der Waals surface area (Å²) < 4.78 is 5.09. The van der Waals surface area contributed by atoms with Gasteiger partial charge < -0.3 is 9.84 Å². The van der Waals surface area contributed by atoms with Crippen molar-refractivity contribution in [3.8, 4) is 5.75 Å². The lowest BCUT2D eigenvalue weighted by Gasteiger charge is -2.06. The van der Waals surface area contributed by atoms with Gasteiger partial charge in [-0.15, -0.1) is 0 Å². The first-order valence-electron chi connectivity index (χ1n) is 6.04. The maximum Gasteiger partial charge on any atom is 0.118 e. The van der Waals surface area contributed by atoms with Crippen LogP contribution in [0.15, 0.2) is 60.4 Å². The minimum atomic E-state index is 0.232. The maximum absolute atomic E-state index is 9.79. The number of rotatable bonds is 6. The molecule has 0 spiro atoms. The highest BCUT2D eigenvalue weighted by Gasteiger charge is 2.01. The highest BCUT2D eigenvalue weighted by Crippen LogP contribution is 2.16. The molecule has 0 radical (unpaired) electrons. The van der Waals surface area contributed by atoms with Gasteiger partial charge in [-0.1, -0.05) is 37.8 Å². The third kappa shape index (κ3) is 4.50. The number of ether oxygens (including phenoxy) is 1. The van der Waals surface area contributed by atoms with E-state index in [9.17, 15) is 5.11 Å². The summed E-state index contributed by atoms with van der Waals surface area (Å²) >= 11 is 0. The maximum atomic E-state index is 9.79. The van der Waals surface area contributed by atoms with E-state index >= 15 is 0 Å². The number of allylic oxidation sites excluding steroid dienone is 4. The highest BCUT2D eigenvalue weighted by molar-refractivity contribution is 5.34. The molecule has 0 unspecified atom stereocenters. The predicted molar refractivity (Wildman–Crippen MR) is 76.0 cm³/mol. The van der Waals surface area contributed by atoms with Crippen molar-refractivity contribution in [1.82, 2.24) is 0 Å². The molecular weight excluding hydrogens is 224 g/mol. The zero-order valence-corrected chi connectivity index (χ0v) is 11.0.